The normalized spacial score (nSPS) is 16.7. The maximum atomic E-state index is 12.7. The number of carbonyl (C=O) groups excluding carboxylic acids is 2. The van der Waals surface area contributed by atoms with Gasteiger partial charge in [-0.2, -0.15) is 0 Å². The van der Waals surface area contributed by atoms with Crippen molar-refractivity contribution in [3.63, 3.8) is 0 Å². The molecular formula is C23H28ClN3O4. The van der Waals surface area contributed by atoms with Crippen LogP contribution < -0.4 is 15.0 Å². The van der Waals surface area contributed by atoms with Crippen molar-refractivity contribution >= 4 is 34.9 Å². The zero-order valence-electron chi connectivity index (χ0n) is 18.3. The SMILES string of the molecule is COC(=O)c1ccc(N2CCN(CC(=O)Nc3cc(C)c(Cl)cc3OC)C(C)C2)cc1. The third-order valence-electron chi connectivity index (χ3n) is 5.52. The molecule has 1 saturated heterocycles. The molecule has 0 radical (unpaired) electrons. The Labute approximate surface area is 187 Å². The highest BCUT2D eigenvalue weighted by molar-refractivity contribution is 6.31. The molecule has 31 heavy (non-hydrogen) atoms. The molecule has 1 aliphatic rings. The monoisotopic (exact) mass is 445 g/mol. The van der Waals surface area contributed by atoms with Gasteiger partial charge in [-0.15, -0.1) is 0 Å². The van der Waals surface area contributed by atoms with Crippen LogP contribution in [0.1, 0.15) is 22.8 Å². The molecule has 1 heterocycles. The van der Waals surface area contributed by atoms with Gasteiger partial charge in [0.15, 0.2) is 0 Å². The summed E-state index contributed by atoms with van der Waals surface area (Å²) < 4.78 is 10.1. The van der Waals surface area contributed by atoms with Gasteiger partial charge in [-0.05, 0) is 49.7 Å². The zero-order valence-corrected chi connectivity index (χ0v) is 19.0. The second-order valence-electron chi connectivity index (χ2n) is 7.65. The van der Waals surface area contributed by atoms with Crippen LogP contribution in [0.2, 0.25) is 5.02 Å². The lowest BCUT2D eigenvalue weighted by Gasteiger charge is -2.40. The number of hydrogen-bond donors (Lipinski definition) is 1. The van der Waals surface area contributed by atoms with Crippen molar-refractivity contribution in [3.8, 4) is 5.75 Å². The Kier molecular flexibility index (Phi) is 7.41. The van der Waals surface area contributed by atoms with Crippen molar-refractivity contribution < 1.29 is 19.1 Å². The lowest BCUT2D eigenvalue weighted by Crippen LogP contribution is -2.53. The summed E-state index contributed by atoms with van der Waals surface area (Å²) in [5.74, 6) is 0.100. The highest BCUT2D eigenvalue weighted by Crippen LogP contribution is 2.31. The fourth-order valence-electron chi connectivity index (χ4n) is 3.69. The Bertz CT molecular complexity index is 949. The van der Waals surface area contributed by atoms with E-state index in [1.165, 1.54) is 7.11 Å². The second kappa shape index (κ2) is 10.0. The molecular weight excluding hydrogens is 418 g/mol. The molecule has 2 aromatic rings. The van der Waals surface area contributed by atoms with Crippen LogP contribution in [0.4, 0.5) is 11.4 Å². The number of hydrogen-bond acceptors (Lipinski definition) is 6. The molecule has 1 unspecified atom stereocenters. The van der Waals surface area contributed by atoms with Gasteiger partial charge in [-0.25, -0.2) is 4.79 Å². The van der Waals surface area contributed by atoms with Crippen LogP contribution in [-0.4, -0.2) is 63.2 Å². The molecule has 0 spiro atoms. The van der Waals surface area contributed by atoms with Gasteiger partial charge in [-0.3, -0.25) is 9.69 Å². The fourth-order valence-corrected chi connectivity index (χ4v) is 3.85. The van der Waals surface area contributed by atoms with E-state index < -0.39 is 0 Å². The standard InChI is InChI=1S/C23H28ClN3O4/c1-15-11-20(21(30-3)12-19(15)24)25-22(28)14-26-9-10-27(13-16(26)2)18-7-5-17(6-8-18)23(29)31-4/h5-8,11-12,16H,9-10,13-14H2,1-4H3,(H,25,28). The van der Waals surface area contributed by atoms with Crippen LogP contribution in [0.3, 0.4) is 0 Å². The molecule has 0 saturated carbocycles. The third kappa shape index (κ3) is 5.48. The van der Waals surface area contributed by atoms with Crippen molar-refractivity contribution in [1.82, 2.24) is 4.90 Å². The molecule has 2 aromatic carbocycles. The van der Waals surface area contributed by atoms with Crippen LogP contribution in [0, 0.1) is 6.92 Å². The highest BCUT2D eigenvalue weighted by atomic mass is 35.5. The fraction of sp³-hybridized carbons (Fsp3) is 0.391. The van der Waals surface area contributed by atoms with Gasteiger partial charge in [0.25, 0.3) is 0 Å². The Morgan fingerprint density at radius 1 is 1.16 bits per heavy atom. The maximum absolute atomic E-state index is 12.7. The van der Waals surface area contributed by atoms with Gasteiger partial charge in [0.2, 0.25) is 5.91 Å². The minimum Gasteiger partial charge on any atom is -0.495 e. The number of piperazine rings is 1. The Morgan fingerprint density at radius 3 is 2.48 bits per heavy atom. The summed E-state index contributed by atoms with van der Waals surface area (Å²) >= 11 is 6.14. The number of aryl methyl sites for hydroxylation is 1. The number of halogens is 1. The van der Waals surface area contributed by atoms with E-state index in [0.717, 1.165) is 30.9 Å². The maximum Gasteiger partial charge on any atom is 0.337 e. The molecule has 8 heteroatoms. The number of carbonyl (C=O) groups is 2. The summed E-state index contributed by atoms with van der Waals surface area (Å²) in [5.41, 5.74) is 3.07. The van der Waals surface area contributed by atoms with Crippen LogP contribution in [0.5, 0.6) is 5.75 Å². The average molecular weight is 446 g/mol. The molecule has 0 aliphatic carbocycles. The first-order valence-corrected chi connectivity index (χ1v) is 10.5. The van der Waals surface area contributed by atoms with Gasteiger partial charge < -0.3 is 19.7 Å². The van der Waals surface area contributed by atoms with Gasteiger partial charge >= 0.3 is 5.97 Å². The molecule has 1 aliphatic heterocycles. The first-order valence-electron chi connectivity index (χ1n) is 10.1. The summed E-state index contributed by atoms with van der Waals surface area (Å²) in [5, 5.41) is 3.54. The molecule has 1 N–H and O–H groups in total. The van der Waals surface area contributed by atoms with E-state index in [-0.39, 0.29) is 17.9 Å². The van der Waals surface area contributed by atoms with Gasteiger partial charge in [0.1, 0.15) is 5.75 Å². The van der Waals surface area contributed by atoms with Crippen LogP contribution >= 0.6 is 11.6 Å². The Morgan fingerprint density at radius 2 is 1.87 bits per heavy atom. The number of esters is 1. The number of rotatable bonds is 6. The van der Waals surface area contributed by atoms with E-state index in [1.54, 1.807) is 25.3 Å². The lowest BCUT2D eigenvalue weighted by atomic mass is 10.1. The summed E-state index contributed by atoms with van der Waals surface area (Å²) in [7, 11) is 2.92. The third-order valence-corrected chi connectivity index (χ3v) is 5.93. The van der Waals surface area contributed by atoms with Crippen molar-refractivity contribution in [3.05, 3.63) is 52.5 Å². The summed E-state index contributed by atoms with van der Waals surface area (Å²) in [6.45, 7) is 6.61. The second-order valence-corrected chi connectivity index (χ2v) is 8.06. The van der Waals surface area contributed by atoms with E-state index in [4.69, 9.17) is 21.1 Å². The average Bonchev–Trinajstić information content (AvgIpc) is 2.77. The van der Waals surface area contributed by atoms with Crippen molar-refractivity contribution in [1.29, 1.82) is 0 Å². The largest absolute Gasteiger partial charge is 0.495 e. The predicted molar refractivity (Wildman–Crippen MR) is 122 cm³/mol. The van der Waals surface area contributed by atoms with E-state index in [2.05, 4.69) is 22.0 Å². The molecule has 7 nitrogen and oxygen atoms in total. The van der Waals surface area contributed by atoms with Crippen molar-refractivity contribution in [2.45, 2.75) is 19.9 Å². The topological polar surface area (TPSA) is 71.1 Å². The number of amides is 1. The lowest BCUT2D eigenvalue weighted by molar-refractivity contribution is -0.117. The number of anilines is 2. The summed E-state index contributed by atoms with van der Waals surface area (Å²) in [6, 6.07) is 11.1. The molecule has 0 aromatic heterocycles. The molecule has 1 fully saturated rings. The number of methoxy groups -OCH3 is 2. The Hall–Kier alpha value is -2.77. The number of ether oxygens (including phenoxy) is 2. The van der Waals surface area contributed by atoms with Crippen molar-refractivity contribution in [2.24, 2.45) is 0 Å². The minimum absolute atomic E-state index is 0.0947. The number of benzene rings is 2. The minimum atomic E-state index is -0.344. The molecule has 1 atom stereocenters. The molecule has 0 bridgehead atoms. The van der Waals surface area contributed by atoms with E-state index in [0.29, 0.717) is 28.6 Å². The summed E-state index contributed by atoms with van der Waals surface area (Å²) in [6.07, 6.45) is 0. The van der Waals surface area contributed by atoms with Crippen LogP contribution in [0.25, 0.3) is 0 Å². The van der Waals surface area contributed by atoms with Crippen LogP contribution in [0.15, 0.2) is 36.4 Å². The smallest absolute Gasteiger partial charge is 0.337 e. The Balaban J connectivity index is 1.58. The predicted octanol–water partition coefficient (Wildman–Crippen LogP) is 3.59. The van der Waals surface area contributed by atoms with E-state index in [9.17, 15) is 9.59 Å². The van der Waals surface area contributed by atoms with Gasteiger partial charge in [-0.1, -0.05) is 11.6 Å². The van der Waals surface area contributed by atoms with Gasteiger partial charge in [0, 0.05) is 42.5 Å². The molecule has 3 rings (SSSR count). The first-order chi connectivity index (χ1) is 14.8. The van der Waals surface area contributed by atoms with E-state index in [1.807, 2.05) is 25.1 Å². The van der Waals surface area contributed by atoms with Crippen LogP contribution in [-0.2, 0) is 9.53 Å². The van der Waals surface area contributed by atoms with Gasteiger partial charge in [0.05, 0.1) is 32.0 Å². The van der Waals surface area contributed by atoms with Crippen molar-refractivity contribution in [2.75, 3.05) is 50.6 Å². The number of nitrogens with zero attached hydrogens (tertiary/aromatic N) is 2. The van der Waals surface area contributed by atoms with E-state index >= 15 is 0 Å². The first kappa shape index (κ1) is 22.9. The molecule has 166 valence electrons. The highest BCUT2D eigenvalue weighted by Gasteiger charge is 2.26. The zero-order chi connectivity index (χ0) is 22.5. The summed E-state index contributed by atoms with van der Waals surface area (Å²) in [4.78, 5) is 28.7. The molecule has 1 amide bonds. The number of nitrogens with one attached hydrogen (secondary N) is 1. The quantitative estimate of drug-likeness (QED) is 0.685.